The van der Waals surface area contributed by atoms with Crippen molar-refractivity contribution in [1.29, 1.82) is 0 Å². The largest absolute Gasteiger partial charge is 0.331 e. The fourth-order valence-electron chi connectivity index (χ4n) is 3.55. The molecule has 1 aromatic carbocycles. The predicted molar refractivity (Wildman–Crippen MR) is 106 cm³/mol. The fraction of sp³-hybridized carbons (Fsp3) is 0.381. The molecule has 1 aliphatic rings. The fourth-order valence-corrected chi connectivity index (χ4v) is 4.38. The molecule has 0 spiro atoms. The van der Waals surface area contributed by atoms with Crippen LogP contribution >= 0.6 is 11.3 Å². The van der Waals surface area contributed by atoms with E-state index in [-0.39, 0.29) is 17.7 Å². The minimum atomic E-state index is -0.0420. The third-order valence-corrected chi connectivity index (χ3v) is 5.74. The zero-order chi connectivity index (χ0) is 18.5. The molecule has 1 amide bonds. The van der Waals surface area contributed by atoms with Crippen molar-refractivity contribution in [3.63, 3.8) is 0 Å². The van der Waals surface area contributed by atoms with Crippen LogP contribution < -0.4 is 0 Å². The Morgan fingerprint density at radius 3 is 2.69 bits per heavy atom. The first kappa shape index (κ1) is 18.5. The molecule has 5 heteroatoms. The number of benzene rings is 1. The summed E-state index contributed by atoms with van der Waals surface area (Å²) in [5.41, 5.74) is 1.88. The second-order valence-corrected chi connectivity index (χ2v) is 7.54. The Balaban J connectivity index is 1.87. The number of hydrogen-bond acceptors (Lipinski definition) is 4. The van der Waals surface area contributed by atoms with Crippen LogP contribution in [0.1, 0.15) is 59.9 Å². The Morgan fingerprint density at radius 1 is 1.27 bits per heavy atom. The zero-order valence-corrected chi connectivity index (χ0v) is 15.9. The lowest BCUT2D eigenvalue weighted by Gasteiger charge is -2.33. The molecule has 26 heavy (non-hydrogen) atoms. The maximum Gasteiger partial charge on any atom is 0.273 e. The summed E-state index contributed by atoms with van der Waals surface area (Å²) in [5.74, 6) is -0.0428. The van der Waals surface area contributed by atoms with Crippen molar-refractivity contribution < 1.29 is 9.59 Å². The van der Waals surface area contributed by atoms with Gasteiger partial charge in [0.05, 0.1) is 0 Å². The molecule has 4 nitrogen and oxygen atoms in total. The van der Waals surface area contributed by atoms with Gasteiger partial charge in [0.25, 0.3) is 5.91 Å². The number of nitrogens with zero attached hydrogens (tertiary/aromatic N) is 2. The predicted octanol–water partition coefficient (Wildman–Crippen LogP) is 4.97. The van der Waals surface area contributed by atoms with Gasteiger partial charge in [0.15, 0.2) is 5.78 Å². The molecule has 0 aliphatic heterocycles. The molecule has 3 rings (SSSR count). The molecule has 0 bridgehead atoms. The molecule has 0 radical (unpaired) electrons. The van der Waals surface area contributed by atoms with E-state index >= 15 is 0 Å². The number of thiazole rings is 1. The molecular weight excluding hydrogens is 344 g/mol. The first-order valence-electron chi connectivity index (χ1n) is 9.09. The van der Waals surface area contributed by atoms with E-state index in [1.165, 1.54) is 30.6 Å². The number of Topliss-reactive ketones (excluding diaryl/α,β-unsaturated/α-hetero) is 1. The van der Waals surface area contributed by atoms with Crippen molar-refractivity contribution in [2.45, 2.75) is 45.1 Å². The van der Waals surface area contributed by atoms with Gasteiger partial charge in [-0.1, -0.05) is 49.6 Å². The van der Waals surface area contributed by atoms with Crippen molar-refractivity contribution in [1.82, 2.24) is 9.88 Å². The van der Waals surface area contributed by atoms with Gasteiger partial charge in [0.1, 0.15) is 10.7 Å². The molecule has 1 saturated carbocycles. The van der Waals surface area contributed by atoms with Gasteiger partial charge in [0, 0.05) is 29.1 Å². The van der Waals surface area contributed by atoms with Crippen LogP contribution in [0.4, 0.5) is 0 Å². The molecule has 1 aliphatic carbocycles. The zero-order valence-electron chi connectivity index (χ0n) is 15.1. The maximum absolute atomic E-state index is 13.1. The second kappa shape index (κ2) is 8.41. The SMILES string of the molecule is C=CCN(C(=O)c1csc(-c2ccccc2C(C)=O)n1)C1CCCCC1. The Hall–Kier alpha value is -2.27. The number of hydrogen-bond donors (Lipinski definition) is 0. The van der Waals surface area contributed by atoms with E-state index in [4.69, 9.17) is 0 Å². The molecule has 2 aromatic rings. The van der Waals surface area contributed by atoms with E-state index in [1.54, 1.807) is 24.4 Å². The molecule has 0 N–H and O–H groups in total. The maximum atomic E-state index is 13.1. The van der Waals surface area contributed by atoms with Crippen molar-refractivity contribution in [3.05, 3.63) is 53.6 Å². The second-order valence-electron chi connectivity index (χ2n) is 6.68. The highest BCUT2D eigenvalue weighted by molar-refractivity contribution is 7.13. The monoisotopic (exact) mass is 368 g/mol. The third kappa shape index (κ3) is 3.93. The van der Waals surface area contributed by atoms with Crippen molar-refractivity contribution in [2.24, 2.45) is 0 Å². The van der Waals surface area contributed by atoms with E-state index in [9.17, 15) is 9.59 Å². The van der Waals surface area contributed by atoms with Crippen LogP contribution in [-0.2, 0) is 0 Å². The number of rotatable bonds is 6. The number of carbonyl (C=O) groups excluding carboxylic acids is 2. The van der Waals surface area contributed by atoms with Crippen LogP contribution in [0.25, 0.3) is 10.6 Å². The van der Waals surface area contributed by atoms with Gasteiger partial charge in [-0.15, -0.1) is 17.9 Å². The van der Waals surface area contributed by atoms with Crippen molar-refractivity contribution in [3.8, 4) is 10.6 Å². The molecule has 0 saturated heterocycles. The van der Waals surface area contributed by atoms with Gasteiger partial charge in [-0.25, -0.2) is 4.98 Å². The number of carbonyl (C=O) groups is 2. The average Bonchev–Trinajstić information content (AvgIpc) is 3.16. The highest BCUT2D eigenvalue weighted by Crippen LogP contribution is 2.29. The average molecular weight is 369 g/mol. The molecule has 1 fully saturated rings. The van der Waals surface area contributed by atoms with Crippen LogP contribution in [0, 0.1) is 0 Å². The number of amides is 1. The lowest BCUT2D eigenvalue weighted by molar-refractivity contribution is 0.0657. The number of aromatic nitrogens is 1. The summed E-state index contributed by atoms with van der Waals surface area (Å²) in [6, 6.07) is 7.67. The van der Waals surface area contributed by atoms with Crippen molar-refractivity contribution >= 4 is 23.0 Å². The van der Waals surface area contributed by atoms with E-state index in [0.717, 1.165) is 18.4 Å². The summed E-state index contributed by atoms with van der Waals surface area (Å²) < 4.78 is 0. The summed E-state index contributed by atoms with van der Waals surface area (Å²) in [5, 5.41) is 2.51. The standard InChI is InChI=1S/C21H24N2O2S/c1-3-13-23(16-9-5-4-6-10-16)21(25)19-14-26-20(22-19)18-12-8-7-11-17(18)15(2)24/h3,7-8,11-12,14,16H,1,4-6,9-10,13H2,2H3. The summed E-state index contributed by atoms with van der Waals surface area (Å²) in [7, 11) is 0. The van der Waals surface area contributed by atoms with Crippen LogP contribution in [0.2, 0.25) is 0 Å². The first-order chi connectivity index (χ1) is 12.6. The van der Waals surface area contributed by atoms with Gasteiger partial charge in [-0.2, -0.15) is 0 Å². The van der Waals surface area contributed by atoms with Gasteiger partial charge in [-0.3, -0.25) is 9.59 Å². The van der Waals surface area contributed by atoms with Crippen molar-refractivity contribution in [2.75, 3.05) is 6.54 Å². The van der Waals surface area contributed by atoms with E-state index in [0.29, 0.717) is 22.8 Å². The molecule has 1 heterocycles. The normalized spacial score (nSPS) is 14.8. The topological polar surface area (TPSA) is 50.3 Å². The van der Waals surface area contributed by atoms with E-state index in [2.05, 4.69) is 11.6 Å². The summed E-state index contributed by atoms with van der Waals surface area (Å²) >= 11 is 1.41. The van der Waals surface area contributed by atoms with E-state index < -0.39 is 0 Å². The van der Waals surface area contributed by atoms with Gasteiger partial charge in [0.2, 0.25) is 0 Å². The lowest BCUT2D eigenvalue weighted by atomic mass is 9.94. The minimum Gasteiger partial charge on any atom is -0.331 e. The molecule has 0 unspecified atom stereocenters. The Morgan fingerprint density at radius 2 is 2.00 bits per heavy atom. The van der Waals surface area contributed by atoms with Gasteiger partial charge < -0.3 is 4.90 Å². The Bertz CT molecular complexity index is 806. The van der Waals surface area contributed by atoms with Crippen LogP contribution in [0.5, 0.6) is 0 Å². The highest BCUT2D eigenvalue weighted by Gasteiger charge is 2.27. The third-order valence-electron chi connectivity index (χ3n) is 4.86. The minimum absolute atomic E-state index is 0.000772. The lowest BCUT2D eigenvalue weighted by Crippen LogP contribution is -2.41. The van der Waals surface area contributed by atoms with Crippen LogP contribution in [0.15, 0.2) is 42.3 Å². The number of ketones is 1. The summed E-state index contributed by atoms with van der Waals surface area (Å²) in [6.45, 7) is 5.90. The molecule has 0 atom stereocenters. The van der Waals surface area contributed by atoms with E-state index in [1.807, 2.05) is 23.1 Å². The Labute approximate surface area is 158 Å². The smallest absolute Gasteiger partial charge is 0.273 e. The summed E-state index contributed by atoms with van der Waals surface area (Å²) in [4.78, 5) is 31.4. The van der Waals surface area contributed by atoms with Gasteiger partial charge >= 0.3 is 0 Å². The van der Waals surface area contributed by atoms with Crippen LogP contribution in [0.3, 0.4) is 0 Å². The molecule has 136 valence electrons. The quantitative estimate of drug-likeness (QED) is 0.534. The highest BCUT2D eigenvalue weighted by atomic mass is 32.1. The first-order valence-corrected chi connectivity index (χ1v) is 9.97. The molecule has 1 aromatic heterocycles. The van der Waals surface area contributed by atoms with Gasteiger partial charge in [-0.05, 0) is 19.8 Å². The summed E-state index contributed by atoms with van der Waals surface area (Å²) in [6.07, 6.45) is 7.45. The Kier molecular flexibility index (Phi) is 5.99. The molecular formula is C21H24N2O2S. The van der Waals surface area contributed by atoms with Crippen LogP contribution in [-0.4, -0.2) is 34.2 Å².